The Bertz CT molecular complexity index is 143. The van der Waals surface area contributed by atoms with Gasteiger partial charge in [-0.05, 0) is 32.1 Å². The molecule has 0 saturated heterocycles. The number of hydrogen-bond acceptors (Lipinski definition) is 1. The molecule has 0 aromatic heterocycles. The summed E-state index contributed by atoms with van der Waals surface area (Å²) in [6, 6.07) is 0. The lowest BCUT2D eigenvalue weighted by atomic mass is 9.75. The summed E-state index contributed by atoms with van der Waals surface area (Å²) in [4.78, 5) is 0. The zero-order chi connectivity index (χ0) is 9.03. The molecule has 0 unspecified atom stereocenters. The first-order valence-electron chi connectivity index (χ1n) is 5.06. The first-order valence-corrected chi connectivity index (χ1v) is 5.06. The van der Waals surface area contributed by atoms with E-state index in [2.05, 4.69) is 13.5 Å². The Morgan fingerprint density at radius 2 is 2.00 bits per heavy atom. The zero-order valence-corrected chi connectivity index (χ0v) is 8.18. The van der Waals surface area contributed by atoms with Crippen molar-refractivity contribution >= 4 is 0 Å². The van der Waals surface area contributed by atoms with Gasteiger partial charge in [0.05, 0.1) is 0 Å². The predicted molar refractivity (Wildman–Crippen MR) is 54.0 cm³/mol. The molecule has 12 heavy (non-hydrogen) atoms. The topological polar surface area (TPSA) is 26.0 Å². The van der Waals surface area contributed by atoms with E-state index in [0.29, 0.717) is 0 Å². The normalized spacial score (nSPS) is 24.8. The van der Waals surface area contributed by atoms with Crippen LogP contribution in [0.25, 0.3) is 0 Å². The van der Waals surface area contributed by atoms with Crippen LogP contribution in [0, 0.1) is 5.92 Å². The van der Waals surface area contributed by atoms with Crippen molar-refractivity contribution in [3.63, 3.8) is 0 Å². The van der Waals surface area contributed by atoms with Crippen molar-refractivity contribution in [3.05, 3.63) is 12.7 Å². The molecule has 1 saturated carbocycles. The molecular formula is C11H21N. The molecule has 1 heteroatoms. The lowest BCUT2D eigenvalue weighted by Crippen LogP contribution is -2.44. The summed E-state index contributed by atoms with van der Waals surface area (Å²) in [7, 11) is 0. The van der Waals surface area contributed by atoms with Crippen molar-refractivity contribution < 1.29 is 0 Å². The Kier molecular flexibility index (Phi) is 3.33. The van der Waals surface area contributed by atoms with Crippen LogP contribution in [0.3, 0.4) is 0 Å². The van der Waals surface area contributed by atoms with Crippen LogP contribution >= 0.6 is 0 Å². The van der Waals surface area contributed by atoms with Crippen molar-refractivity contribution in [2.45, 2.75) is 51.0 Å². The molecule has 1 nitrogen and oxygen atoms in total. The Morgan fingerprint density at radius 3 is 2.50 bits per heavy atom. The first kappa shape index (κ1) is 9.79. The standard InChI is InChI=1S/C11H21N/c1-3-9-11(2,12)10-7-5-4-6-8-10/h3,10H,1,4-9,12H2,2H3/t11-/m0/s1. The van der Waals surface area contributed by atoms with E-state index in [1.165, 1.54) is 32.1 Å². The van der Waals surface area contributed by atoms with Gasteiger partial charge in [-0.3, -0.25) is 0 Å². The largest absolute Gasteiger partial charge is 0.325 e. The third-order valence-electron chi connectivity index (χ3n) is 3.12. The highest BCUT2D eigenvalue weighted by Gasteiger charge is 2.29. The lowest BCUT2D eigenvalue weighted by molar-refractivity contribution is 0.224. The van der Waals surface area contributed by atoms with Gasteiger partial charge in [-0.2, -0.15) is 0 Å². The average Bonchev–Trinajstić information content (AvgIpc) is 2.06. The predicted octanol–water partition coefficient (Wildman–Crippen LogP) is 2.86. The second-order valence-electron chi connectivity index (χ2n) is 4.33. The van der Waals surface area contributed by atoms with Crippen molar-refractivity contribution in [2.24, 2.45) is 11.7 Å². The summed E-state index contributed by atoms with van der Waals surface area (Å²) in [5.41, 5.74) is 6.23. The minimum Gasteiger partial charge on any atom is -0.325 e. The maximum absolute atomic E-state index is 6.23. The highest BCUT2D eigenvalue weighted by molar-refractivity contribution is 4.93. The second kappa shape index (κ2) is 4.08. The number of hydrogen-bond donors (Lipinski definition) is 1. The molecule has 0 bridgehead atoms. The van der Waals surface area contributed by atoms with Crippen molar-refractivity contribution in [1.29, 1.82) is 0 Å². The van der Waals surface area contributed by atoms with Gasteiger partial charge in [-0.15, -0.1) is 6.58 Å². The third kappa shape index (κ3) is 2.34. The van der Waals surface area contributed by atoms with Crippen LogP contribution < -0.4 is 5.73 Å². The quantitative estimate of drug-likeness (QED) is 0.643. The molecule has 2 N–H and O–H groups in total. The van der Waals surface area contributed by atoms with Gasteiger partial charge in [0.2, 0.25) is 0 Å². The molecule has 0 aromatic carbocycles. The van der Waals surface area contributed by atoms with E-state index in [1.54, 1.807) is 0 Å². The van der Waals surface area contributed by atoms with Crippen molar-refractivity contribution in [1.82, 2.24) is 0 Å². The summed E-state index contributed by atoms with van der Waals surface area (Å²) in [5, 5.41) is 0. The van der Waals surface area contributed by atoms with Gasteiger partial charge < -0.3 is 5.73 Å². The van der Waals surface area contributed by atoms with E-state index in [0.717, 1.165) is 12.3 Å². The maximum atomic E-state index is 6.23. The van der Waals surface area contributed by atoms with Gasteiger partial charge >= 0.3 is 0 Å². The van der Waals surface area contributed by atoms with E-state index in [9.17, 15) is 0 Å². The molecule has 1 fully saturated rings. The smallest absolute Gasteiger partial charge is 0.0188 e. The summed E-state index contributed by atoms with van der Waals surface area (Å²) in [6.45, 7) is 5.93. The van der Waals surface area contributed by atoms with Crippen LogP contribution in [0.15, 0.2) is 12.7 Å². The maximum Gasteiger partial charge on any atom is 0.0188 e. The minimum absolute atomic E-state index is 0.00215. The molecule has 0 heterocycles. The fourth-order valence-corrected chi connectivity index (χ4v) is 2.24. The zero-order valence-electron chi connectivity index (χ0n) is 8.18. The molecule has 0 amide bonds. The van der Waals surface area contributed by atoms with Crippen LogP contribution in [0.5, 0.6) is 0 Å². The van der Waals surface area contributed by atoms with Gasteiger partial charge in [0.25, 0.3) is 0 Å². The van der Waals surface area contributed by atoms with E-state index < -0.39 is 0 Å². The highest BCUT2D eigenvalue weighted by atomic mass is 14.7. The molecular weight excluding hydrogens is 146 g/mol. The third-order valence-corrected chi connectivity index (χ3v) is 3.12. The molecule has 1 aliphatic rings. The molecule has 0 spiro atoms. The SMILES string of the molecule is C=CC[C@](C)(N)C1CCCCC1. The van der Waals surface area contributed by atoms with E-state index >= 15 is 0 Å². The van der Waals surface area contributed by atoms with Crippen LogP contribution in [0.4, 0.5) is 0 Å². The molecule has 0 aromatic rings. The van der Waals surface area contributed by atoms with Crippen molar-refractivity contribution in [2.75, 3.05) is 0 Å². The molecule has 0 radical (unpaired) electrons. The van der Waals surface area contributed by atoms with E-state index in [1.807, 2.05) is 6.08 Å². The fourth-order valence-electron chi connectivity index (χ4n) is 2.24. The molecule has 70 valence electrons. The van der Waals surface area contributed by atoms with E-state index in [4.69, 9.17) is 5.73 Å². The Balaban J connectivity index is 2.47. The Hall–Kier alpha value is -0.300. The molecule has 1 rings (SSSR count). The van der Waals surface area contributed by atoms with Gasteiger partial charge in [0.1, 0.15) is 0 Å². The van der Waals surface area contributed by atoms with Crippen LogP contribution in [-0.4, -0.2) is 5.54 Å². The molecule has 0 aliphatic heterocycles. The number of nitrogens with two attached hydrogens (primary N) is 1. The van der Waals surface area contributed by atoms with Gasteiger partial charge in [-0.1, -0.05) is 25.3 Å². The van der Waals surface area contributed by atoms with Gasteiger partial charge in [-0.25, -0.2) is 0 Å². The minimum atomic E-state index is 0.00215. The Morgan fingerprint density at radius 1 is 1.42 bits per heavy atom. The van der Waals surface area contributed by atoms with Crippen LogP contribution in [0.1, 0.15) is 45.4 Å². The van der Waals surface area contributed by atoms with Gasteiger partial charge in [0.15, 0.2) is 0 Å². The second-order valence-corrected chi connectivity index (χ2v) is 4.33. The Labute approximate surface area is 76.0 Å². The summed E-state index contributed by atoms with van der Waals surface area (Å²) in [5.74, 6) is 0.726. The molecule has 1 aliphatic carbocycles. The van der Waals surface area contributed by atoms with Crippen LogP contribution in [-0.2, 0) is 0 Å². The first-order chi connectivity index (χ1) is 5.67. The summed E-state index contributed by atoms with van der Waals surface area (Å²) >= 11 is 0. The van der Waals surface area contributed by atoms with Crippen LogP contribution in [0.2, 0.25) is 0 Å². The average molecular weight is 167 g/mol. The summed E-state index contributed by atoms with van der Waals surface area (Å²) in [6.07, 6.45) is 9.69. The highest BCUT2D eigenvalue weighted by Crippen LogP contribution is 2.32. The molecule has 1 atom stereocenters. The summed E-state index contributed by atoms with van der Waals surface area (Å²) < 4.78 is 0. The number of rotatable bonds is 3. The van der Waals surface area contributed by atoms with Gasteiger partial charge in [0, 0.05) is 5.54 Å². The monoisotopic (exact) mass is 167 g/mol. The lowest BCUT2D eigenvalue weighted by Gasteiger charge is -2.36. The van der Waals surface area contributed by atoms with E-state index in [-0.39, 0.29) is 5.54 Å². The fraction of sp³-hybridized carbons (Fsp3) is 0.818. The van der Waals surface area contributed by atoms with Crippen molar-refractivity contribution in [3.8, 4) is 0 Å².